The molecule has 0 aliphatic heterocycles. The Morgan fingerprint density at radius 1 is 0.417 bits per heavy atom. The molecule has 0 saturated heterocycles. The lowest BCUT2D eigenvalue weighted by atomic mass is 9.87. The van der Waals surface area contributed by atoms with Crippen molar-refractivity contribution in [2.75, 3.05) is 0 Å². The minimum atomic E-state index is 0.841. The van der Waals surface area contributed by atoms with Crippen molar-refractivity contribution in [1.29, 1.82) is 0 Å². The van der Waals surface area contributed by atoms with E-state index in [2.05, 4.69) is 213 Å². The Morgan fingerprint density at radius 2 is 0.967 bits per heavy atom. The van der Waals surface area contributed by atoms with Crippen LogP contribution in [0.3, 0.4) is 0 Å². The van der Waals surface area contributed by atoms with E-state index in [1.807, 2.05) is 0 Å². The third-order valence-corrected chi connectivity index (χ3v) is 12.8. The fraction of sp³-hybridized carbons (Fsp3) is 0.0517. The van der Waals surface area contributed by atoms with Crippen molar-refractivity contribution in [2.24, 2.45) is 0 Å². The van der Waals surface area contributed by atoms with Crippen LogP contribution in [0.4, 0.5) is 0 Å². The van der Waals surface area contributed by atoms with Gasteiger partial charge in [-0.3, -0.25) is 4.57 Å². The van der Waals surface area contributed by atoms with Crippen LogP contribution in [-0.2, 0) is 6.42 Å². The number of benzene rings is 11. The molecule has 0 aliphatic rings. The number of aryl methyl sites for hydroxylation is 2. The largest absolute Gasteiger partial charge is 0.295 e. The monoisotopic (exact) mass is 764 g/mol. The van der Waals surface area contributed by atoms with Gasteiger partial charge in [0.05, 0.1) is 16.7 Å². The summed E-state index contributed by atoms with van der Waals surface area (Å²) in [5.74, 6) is 1.07. The molecule has 0 spiro atoms. The van der Waals surface area contributed by atoms with Crippen LogP contribution in [-0.4, -0.2) is 9.55 Å². The number of aromatic nitrogens is 2. The molecule has 0 saturated carbocycles. The Balaban J connectivity index is 0.995. The van der Waals surface area contributed by atoms with Gasteiger partial charge in [0.25, 0.3) is 0 Å². The molecule has 0 amide bonds. The van der Waals surface area contributed by atoms with E-state index >= 15 is 0 Å². The molecule has 1 heterocycles. The third-order valence-electron chi connectivity index (χ3n) is 12.8. The van der Waals surface area contributed by atoms with Crippen molar-refractivity contribution in [3.8, 4) is 39.1 Å². The molecule has 0 radical (unpaired) electrons. The van der Waals surface area contributed by atoms with Gasteiger partial charge in [-0.1, -0.05) is 183 Å². The first kappa shape index (κ1) is 34.5. The Bertz CT molecular complexity index is 3640. The summed E-state index contributed by atoms with van der Waals surface area (Å²) in [4.78, 5) is 5.08. The second-order valence-electron chi connectivity index (χ2n) is 16.1. The maximum absolute atomic E-state index is 5.08. The second kappa shape index (κ2) is 13.5. The predicted octanol–water partition coefficient (Wildman–Crippen LogP) is 15.8. The van der Waals surface area contributed by atoms with Crippen LogP contribution in [0.2, 0.25) is 0 Å². The minimum absolute atomic E-state index is 0.841. The first-order valence-electron chi connectivity index (χ1n) is 21.0. The lowest BCUT2D eigenvalue weighted by Gasteiger charge is -2.20. The van der Waals surface area contributed by atoms with E-state index in [4.69, 9.17) is 4.98 Å². The highest BCUT2D eigenvalue weighted by Gasteiger charge is 2.21. The van der Waals surface area contributed by atoms with E-state index in [0.29, 0.717) is 0 Å². The molecule has 0 aliphatic carbocycles. The smallest absolute Gasteiger partial charge is 0.114 e. The fourth-order valence-corrected chi connectivity index (χ4v) is 10.1. The average Bonchev–Trinajstić information content (AvgIpc) is 3.68. The summed E-state index contributed by atoms with van der Waals surface area (Å²) < 4.78 is 2.39. The van der Waals surface area contributed by atoms with Gasteiger partial charge in [0.1, 0.15) is 5.82 Å². The SMILES string of the molecule is CCc1nc2ccccc2n1-c1c2ccccc2c(-c2ccc(-c3ccc4c(ccc5cccc(-c6cccc7ccc8cccc(C)c8c67)c54)c3)cc2)c2ccccc12. The van der Waals surface area contributed by atoms with E-state index in [1.54, 1.807) is 0 Å². The van der Waals surface area contributed by atoms with Gasteiger partial charge < -0.3 is 0 Å². The number of para-hydroxylation sites is 2. The van der Waals surface area contributed by atoms with Crippen LogP contribution in [0, 0.1) is 6.92 Å². The van der Waals surface area contributed by atoms with Crippen molar-refractivity contribution in [3.63, 3.8) is 0 Å². The molecule has 0 N–H and O–H groups in total. The van der Waals surface area contributed by atoms with Gasteiger partial charge in [0.15, 0.2) is 0 Å². The van der Waals surface area contributed by atoms with E-state index in [-0.39, 0.29) is 0 Å². The lowest BCUT2D eigenvalue weighted by molar-refractivity contribution is 0.917. The van der Waals surface area contributed by atoms with Crippen LogP contribution in [0.1, 0.15) is 18.3 Å². The molecule has 1 aromatic heterocycles. The number of fused-ring (bicyclic) bond motifs is 9. The third kappa shape index (κ3) is 5.17. The zero-order chi connectivity index (χ0) is 39.9. The second-order valence-corrected chi connectivity index (χ2v) is 16.1. The van der Waals surface area contributed by atoms with Gasteiger partial charge in [-0.25, -0.2) is 4.98 Å². The van der Waals surface area contributed by atoms with Crippen LogP contribution < -0.4 is 0 Å². The zero-order valence-electron chi connectivity index (χ0n) is 33.6. The summed E-state index contributed by atoms with van der Waals surface area (Å²) in [7, 11) is 0. The summed E-state index contributed by atoms with van der Waals surface area (Å²) in [6.45, 7) is 4.43. The highest BCUT2D eigenvalue weighted by molar-refractivity contribution is 6.22. The minimum Gasteiger partial charge on any atom is -0.295 e. The number of hydrogen-bond acceptors (Lipinski definition) is 1. The van der Waals surface area contributed by atoms with Crippen molar-refractivity contribution in [3.05, 3.63) is 206 Å². The summed E-state index contributed by atoms with van der Waals surface area (Å²) in [6.07, 6.45) is 0.841. The molecular formula is C58H40N2. The van der Waals surface area contributed by atoms with Gasteiger partial charge in [-0.15, -0.1) is 0 Å². The highest BCUT2D eigenvalue weighted by Crippen LogP contribution is 2.44. The Hall–Kier alpha value is -7.55. The highest BCUT2D eigenvalue weighted by atomic mass is 15.1. The van der Waals surface area contributed by atoms with E-state index in [1.165, 1.54) is 109 Å². The molecular weight excluding hydrogens is 725 g/mol. The lowest BCUT2D eigenvalue weighted by Crippen LogP contribution is -2.03. The Morgan fingerprint density at radius 3 is 1.67 bits per heavy atom. The van der Waals surface area contributed by atoms with Crippen LogP contribution in [0.15, 0.2) is 194 Å². The number of rotatable bonds is 5. The molecule has 282 valence electrons. The number of imidazole rings is 1. The maximum atomic E-state index is 5.08. The van der Waals surface area contributed by atoms with Gasteiger partial charge in [0, 0.05) is 17.2 Å². The van der Waals surface area contributed by atoms with Gasteiger partial charge in [-0.2, -0.15) is 0 Å². The molecule has 12 rings (SSSR count). The van der Waals surface area contributed by atoms with E-state index < -0.39 is 0 Å². The van der Waals surface area contributed by atoms with Gasteiger partial charge >= 0.3 is 0 Å². The normalized spacial score (nSPS) is 11.9. The summed E-state index contributed by atoms with van der Waals surface area (Å²) in [5, 5.41) is 15.2. The molecule has 60 heavy (non-hydrogen) atoms. The van der Waals surface area contributed by atoms with Crippen molar-refractivity contribution in [2.45, 2.75) is 20.3 Å². The fourth-order valence-electron chi connectivity index (χ4n) is 10.1. The molecule has 12 aromatic rings. The van der Waals surface area contributed by atoms with Crippen LogP contribution in [0.25, 0.3) is 115 Å². The van der Waals surface area contributed by atoms with Crippen LogP contribution in [0.5, 0.6) is 0 Å². The quantitative estimate of drug-likeness (QED) is 0.126. The predicted molar refractivity (Wildman–Crippen MR) is 257 cm³/mol. The van der Waals surface area contributed by atoms with E-state index in [9.17, 15) is 0 Å². The number of hydrogen-bond donors (Lipinski definition) is 0. The Labute approximate surface area is 348 Å². The first-order valence-corrected chi connectivity index (χ1v) is 21.0. The molecule has 0 unspecified atom stereocenters. The summed E-state index contributed by atoms with van der Waals surface area (Å²) >= 11 is 0. The van der Waals surface area contributed by atoms with Crippen molar-refractivity contribution < 1.29 is 0 Å². The molecule has 0 fully saturated rings. The molecule has 11 aromatic carbocycles. The molecule has 0 atom stereocenters. The summed E-state index contributed by atoms with van der Waals surface area (Å²) in [6, 6.07) is 71.7. The average molecular weight is 765 g/mol. The number of nitrogens with zero attached hydrogens (tertiary/aromatic N) is 2. The Kier molecular flexibility index (Phi) is 7.77. The molecule has 2 heteroatoms. The first-order chi connectivity index (χ1) is 29.6. The van der Waals surface area contributed by atoms with Gasteiger partial charge in [0.2, 0.25) is 0 Å². The standard InChI is InChI=1S/C58H40N2/c1-3-53-59-51-23-8-9-24-52(51)60(53)58-49-19-6-4-17-47(49)56(48-18-5-7-20-50(48)58)41-27-25-37(26-28-41)42-33-34-44-43(35-42)32-31-39-15-11-21-45(55(39)44)46-22-12-16-40-30-29-38-14-10-13-36(2)54(38)57(40)46/h4-35H,3H2,1-2H3. The topological polar surface area (TPSA) is 17.8 Å². The van der Waals surface area contributed by atoms with Crippen LogP contribution >= 0.6 is 0 Å². The zero-order valence-corrected chi connectivity index (χ0v) is 33.6. The van der Waals surface area contributed by atoms with Crippen molar-refractivity contribution in [1.82, 2.24) is 9.55 Å². The van der Waals surface area contributed by atoms with E-state index in [0.717, 1.165) is 23.3 Å². The van der Waals surface area contributed by atoms with Crippen molar-refractivity contribution >= 4 is 75.7 Å². The summed E-state index contributed by atoms with van der Waals surface area (Å²) in [5.41, 5.74) is 12.1. The maximum Gasteiger partial charge on any atom is 0.114 e. The van der Waals surface area contributed by atoms with Gasteiger partial charge in [-0.05, 0) is 118 Å². The molecule has 0 bridgehead atoms. The molecule has 2 nitrogen and oxygen atoms in total.